The number of aliphatic imine (C=N–C) groups is 1. The van der Waals surface area contributed by atoms with Crippen LogP contribution >= 0.6 is 0 Å². The fourth-order valence-corrected chi connectivity index (χ4v) is 5.96. The molecule has 13 heteroatoms. The second-order valence-corrected chi connectivity index (χ2v) is 14.8. The predicted molar refractivity (Wildman–Crippen MR) is 218 cm³/mol. The van der Waals surface area contributed by atoms with Gasteiger partial charge in [0.2, 0.25) is 0 Å². The van der Waals surface area contributed by atoms with Gasteiger partial charge in [-0.2, -0.15) is 0 Å². The van der Waals surface area contributed by atoms with E-state index in [-0.39, 0.29) is 36.1 Å². The first kappa shape index (κ1) is 38.5. The molecule has 2 aromatic heterocycles. The molecule has 55 heavy (non-hydrogen) atoms. The number of ether oxygens (including phenoxy) is 1. The lowest BCUT2D eigenvalue weighted by atomic mass is 9.88. The second kappa shape index (κ2) is 17.3. The van der Waals surface area contributed by atoms with Gasteiger partial charge in [-0.25, -0.2) is 24.7 Å². The van der Waals surface area contributed by atoms with Crippen molar-refractivity contribution in [3.8, 4) is 5.75 Å². The first-order valence-electron chi connectivity index (χ1n) is 18.4. The minimum atomic E-state index is -0.460. The van der Waals surface area contributed by atoms with Gasteiger partial charge in [-0.15, -0.1) is 0 Å². The van der Waals surface area contributed by atoms with Crippen molar-refractivity contribution >= 4 is 57.3 Å². The Balaban J connectivity index is 1.09. The number of hydrogen-bond donors (Lipinski definition) is 5. The highest BCUT2D eigenvalue weighted by Gasteiger charge is 2.22. The highest BCUT2D eigenvalue weighted by atomic mass is 16.5. The first-order valence-corrected chi connectivity index (χ1v) is 18.4. The lowest BCUT2D eigenvalue weighted by molar-refractivity contribution is 0.0911. The van der Waals surface area contributed by atoms with Crippen molar-refractivity contribution in [1.82, 2.24) is 30.5 Å². The molecule has 1 aliphatic heterocycles. The first-order chi connectivity index (χ1) is 26.4. The van der Waals surface area contributed by atoms with E-state index in [1.54, 1.807) is 12.3 Å². The summed E-state index contributed by atoms with van der Waals surface area (Å²) in [4.78, 5) is 46.1. The number of nitrogens with zero attached hydrogens (tertiary/aromatic N) is 5. The quantitative estimate of drug-likeness (QED) is 0.0675. The Labute approximate surface area is 321 Å². The van der Waals surface area contributed by atoms with E-state index in [1.807, 2.05) is 94.4 Å². The Morgan fingerprint density at radius 1 is 0.927 bits per heavy atom. The van der Waals surface area contributed by atoms with Crippen LogP contribution in [0, 0.1) is 17.7 Å². The Morgan fingerprint density at radius 3 is 2.38 bits per heavy atom. The number of fused-ring (bicyclic) bond motifs is 1. The number of aryl methyl sites for hydroxylation is 1. The van der Waals surface area contributed by atoms with Crippen LogP contribution in [0.5, 0.6) is 5.75 Å². The molecule has 1 saturated heterocycles. The summed E-state index contributed by atoms with van der Waals surface area (Å²) in [6.45, 7) is 10.1. The van der Waals surface area contributed by atoms with Gasteiger partial charge in [-0.3, -0.25) is 10.1 Å². The lowest BCUT2D eigenvalue weighted by Gasteiger charge is -2.29. The van der Waals surface area contributed by atoms with Crippen molar-refractivity contribution in [2.45, 2.75) is 59.6 Å². The summed E-state index contributed by atoms with van der Waals surface area (Å²) in [5.74, 6) is 1.81. The normalized spacial score (nSPS) is 13.9. The number of urea groups is 1. The molecule has 3 heterocycles. The van der Waals surface area contributed by atoms with E-state index in [9.17, 15) is 9.59 Å². The van der Waals surface area contributed by atoms with Gasteiger partial charge in [0.1, 0.15) is 35.5 Å². The molecule has 0 aliphatic carbocycles. The number of nitrogens with one attached hydrogen (secondary N) is 5. The SMILES string of the molecule is Cc1ccc(N=C(CC(=N)C(C)(C)C)NC(=O)Nc2ccc(OCc3ccnc(Nc4cnc(C(=O)NC5CCN(C)CC5)cn4)c3)c3ccccc23)cc1. The number of likely N-dealkylation sites (tertiary alicyclic amines) is 1. The van der Waals surface area contributed by atoms with Crippen LogP contribution in [-0.2, 0) is 6.61 Å². The number of aromatic nitrogens is 3. The summed E-state index contributed by atoms with van der Waals surface area (Å²) >= 11 is 0. The van der Waals surface area contributed by atoms with E-state index in [4.69, 9.17) is 10.1 Å². The molecule has 1 aliphatic rings. The molecule has 3 aromatic carbocycles. The van der Waals surface area contributed by atoms with E-state index in [1.165, 1.54) is 12.4 Å². The minimum Gasteiger partial charge on any atom is -0.488 e. The monoisotopic (exact) mass is 740 g/mol. The molecule has 5 N–H and O–H groups in total. The molecule has 5 aromatic rings. The summed E-state index contributed by atoms with van der Waals surface area (Å²) in [5.41, 5.74) is 3.61. The zero-order valence-electron chi connectivity index (χ0n) is 31.9. The predicted octanol–water partition coefficient (Wildman–Crippen LogP) is 7.79. The summed E-state index contributed by atoms with van der Waals surface area (Å²) < 4.78 is 6.29. The van der Waals surface area contributed by atoms with Crippen LogP contribution in [0.15, 0.2) is 96.4 Å². The molecular formula is C42H48N10O3. The fourth-order valence-electron chi connectivity index (χ4n) is 5.96. The molecule has 0 radical (unpaired) electrons. The summed E-state index contributed by atoms with van der Waals surface area (Å²) in [5, 5.41) is 22.3. The van der Waals surface area contributed by atoms with Crippen molar-refractivity contribution in [2.24, 2.45) is 10.4 Å². The number of rotatable bonds is 11. The van der Waals surface area contributed by atoms with Crippen LogP contribution in [0.2, 0.25) is 0 Å². The third kappa shape index (κ3) is 10.7. The number of carbonyl (C=O) groups is 2. The average molecular weight is 741 g/mol. The van der Waals surface area contributed by atoms with Crippen LogP contribution < -0.4 is 26.0 Å². The number of hydrogen-bond acceptors (Lipinski definition) is 10. The zero-order valence-corrected chi connectivity index (χ0v) is 31.9. The maximum Gasteiger partial charge on any atom is 0.324 e. The van der Waals surface area contributed by atoms with Gasteiger partial charge in [0, 0.05) is 35.1 Å². The van der Waals surface area contributed by atoms with Crippen molar-refractivity contribution in [3.05, 3.63) is 108 Å². The Kier molecular flexibility index (Phi) is 12.1. The van der Waals surface area contributed by atoms with E-state index in [0.29, 0.717) is 40.3 Å². The van der Waals surface area contributed by atoms with Crippen molar-refractivity contribution in [2.75, 3.05) is 30.8 Å². The second-order valence-electron chi connectivity index (χ2n) is 14.8. The molecule has 13 nitrogen and oxygen atoms in total. The fraction of sp³-hybridized carbons (Fsp3) is 0.310. The van der Waals surface area contributed by atoms with Gasteiger partial charge in [0.25, 0.3) is 5.91 Å². The molecule has 0 saturated carbocycles. The Bertz CT molecular complexity index is 2170. The summed E-state index contributed by atoms with van der Waals surface area (Å²) in [7, 11) is 2.08. The minimum absolute atomic E-state index is 0.140. The van der Waals surface area contributed by atoms with Gasteiger partial charge >= 0.3 is 6.03 Å². The van der Waals surface area contributed by atoms with Crippen LogP contribution in [0.25, 0.3) is 10.8 Å². The van der Waals surface area contributed by atoms with Crippen molar-refractivity contribution in [3.63, 3.8) is 0 Å². The number of amidine groups is 1. The standard InChI is InChI=1S/C42H48N10O3/c1-27-10-12-29(13-11-27)47-38(23-36(43)42(2,3)4)51-41(54)49-33-14-15-35(32-9-7-6-8-31(32)33)55-26-28-16-19-44-37(22-28)50-39-25-45-34(24-46-39)40(53)48-30-17-20-52(5)21-18-30/h6-16,19,22,24-25,30,43H,17-18,20-21,23,26H2,1-5H3,(H,48,53)(H,44,46,50)(H2,47,49,51,54). The maximum atomic E-state index is 13.4. The molecule has 0 atom stereocenters. The van der Waals surface area contributed by atoms with Gasteiger partial charge in [0.15, 0.2) is 0 Å². The van der Waals surface area contributed by atoms with E-state index in [0.717, 1.165) is 47.8 Å². The van der Waals surface area contributed by atoms with Crippen LogP contribution in [0.1, 0.15) is 61.6 Å². The highest BCUT2D eigenvalue weighted by Crippen LogP contribution is 2.32. The summed E-state index contributed by atoms with van der Waals surface area (Å²) in [6.07, 6.45) is 6.69. The number of benzene rings is 3. The maximum absolute atomic E-state index is 13.4. The number of piperidine rings is 1. The third-order valence-corrected chi connectivity index (χ3v) is 9.35. The molecule has 0 spiro atoms. The number of pyridine rings is 1. The molecule has 0 bridgehead atoms. The molecule has 1 fully saturated rings. The smallest absolute Gasteiger partial charge is 0.324 e. The van der Waals surface area contributed by atoms with Gasteiger partial charge in [-0.05, 0) is 87.3 Å². The number of anilines is 3. The zero-order chi connectivity index (χ0) is 39.0. The molecule has 3 amide bonds. The van der Waals surface area contributed by atoms with Crippen LogP contribution in [-0.4, -0.2) is 69.5 Å². The van der Waals surface area contributed by atoms with Gasteiger partial charge in [-0.1, -0.05) is 62.7 Å². The number of amides is 3. The summed E-state index contributed by atoms with van der Waals surface area (Å²) in [6, 6.07) is 22.4. The molecule has 6 rings (SSSR count). The largest absolute Gasteiger partial charge is 0.488 e. The van der Waals surface area contributed by atoms with Crippen LogP contribution in [0.3, 0.4) is 0 Å². The molecule has 0 unspecified atom stereocenters. The molecular weight excluding hydrogens is 693 g/mol. The van der Waals surface area contributed by atoms with Crippen molar-refractivity contribution < 1.29 is 14.3 Å². The topological polar surface area (TPSA) is 170 Å². The lowest BCUT2D eigenvalue weighted by Crippen LogP contribution is -2.43. The van der Waals surface area contributed by atoms with Crippen molar-refractivity contribution in [1.29, 1.82) is 5.41 Å². The Hall–Kier alpha value is -6.21. The highest BCUT2D eigenvalue weighted by molar-refractivity contribution is 6.13. The Morgan fingerprint density at radius 2 is 1.67 bits per heavy atom. The van der Waals surface area contributed by atoms with E-state index < -0.39 is 6.03 Å². The third-order valence-electron chi connectivity index (χ3n) is 9.35. The van der Waals surface area contributed by atoms with Gasteiger partial charge < -0.3 is 31.0 Å². The molecule has 284 valence electrons. The van der Waals surface area contributed by atoms with E-state index in [2.05, 4.69) is 53.2 Å². The number of carbonyl (C=O) groups excluding carboxylic acids is 2. The van der Waals surface area contributed by atoms with Gasteiger partial charge in [0.05, 0.1) is 23.8 Å². The van der Waals surface area contributed by atoms with Crippen LogP contribution in [0.4, 0.5) is 27.8 Å². The van der Waals surface area contributed by atoms with E-state index >= 15 is 0 Å². The average Bonchev–Trinajstić information content (AvgIpc) is 3.16.